The Bertz CT molecular complexity index is 415. The van der Waals surface area contributed by atoms with Gasteiger partial charge >= 0.3 is 0 Å². The molecule has 0 saturated carbocycles. The lowest BCUT2D eigenvalue weighted by Gasteiger charge is -2.42. The SMILES string of the molecule is CC(C)n1cncc1CN1CC(CO)OC(C)(C)C1. The van der Waals surface area contributed by atoms with Gasteiger partial charge in [0.15, 0.2) is 0 Å². The lowest BCUT2D eigenvalue weighted by molar-refractivity contribution is -0.151. The number of aliphatic hydroxyl groups is 1. The smallest absolute Gasteiger partial charge is 0.0951 e. The van der Waals surface area contributed by atoms with Gasteiger partial charge in [0, 0.05) is 31.9 Å². The Morgan fingerprint density at radius 2 is 2.26 bits per heavy atom. The van der Waals surface area contributed by atoms with E-state index in [1.807, 2.05) is 12.5 Å². The predicted molar refractivity (Wildman–Crippen MR) is 73.9 cm³/mol. The second-order valence-corrected chi connectivity index (χ2v) is 6.24. The maximum Gasteiger partial charge on any atom is 0.0951 e. The molecular formula is C14H25N3O2. The van der Waals surface area contributed by atoms with Crippen molar-refractivity contribution in [2.75, 3.05) is 19.7 Å². The third kappa shape index (κ3) is 3.55. The fraction of sp³-hybridized carbons (Fsp3) is 0.786. The van der Waals surface area contributed by atoms with E-state index in [0.717, 1.165) is 19.6 Å². The van der Waals surface area contributed by atoms with Crippen LogP contribution in [0.15, 0.2) is 12.5 Å². The number of morpholine rings is 1. The molecule has 0 bridgehead atoms. The first-order valence-corrected chi connectivity index (χ1v) is 6.93. The minimum atomic E-state index is -0.214. The number of hydrogen-bond donors (Lipinski definition) is 1. The molecule has 5 heteroatoms. The summed E-state index contributed by atoms with van der Waals surface area (Å²) in [7, 11) is 0. The van der Waals surface area contributed by atoms with Gasteiger partial charge in [-0.05, 0) is 27.7 Å². The summed E-state index contributed by atoms with van der Waals surface area (Å²) in [4.78, 5) is 6.57. The van der Waals surface area contributed by atoms with Gasteiger partial charge in [0.2, 0.25) is 0 Å². The molecular weight excluding hydrogens is 242 g/mol. The number of ether oxygens (including phenoxy) is 1. The molecule has 1 N–H and O–H groups in total. The molecule has 0 aromatic carbocycles. The zero-order valence-corrected chi connectivity index (χ0v) is 12.3. The highest BCUT2D eigenvalue weighted by molar-refractivity contribution is 5.01. The van der Waals surface area contributed by atoms with Crippen LogP contribution in [0.2, 0.25) is 0 Å². The molecule has 108 valence electrons. The van der Waals surface area contributed by atoms with Gasteiger partial charge in [0.1, 0.15) is 0 Å². The van der Waals surface area contributed by atoms with Crippen molar-refractivity contribution in [2.24, 2.45) is 0 Å². The summed E-state index contributed by atoms with van der Waals surface area (Å²) in [6.45, 7) is 11.0. The van der Waals surface area contributed by atoms with Crippen LogP contribution in [0.25, 0.3) is 0 Å². The van der Waals surface area contributed by atoms with Gasteiger partial charge in [0.05, 0.1) is 30.3 Å². The predicted octanol–water partition coefficient (Wildman–Crippen LogP) is 1.44. The molecule has 0 aliphatic carbocycles. The van der Waals surface area contributed by atoms with Crippen LogP contribution >= 0.6 is 0 Å². The van der Waals surface area contributed by atoms with Crippen molar-refractivity contribution in [3.63, 3.8) is 0 Å². The largest absolute Gasteiger partial charge is 0.394 e. The van der Waals surface area contributed by atoms with Crippen LogP contribution in [0.5, 0.6) is 0 Å². The highest BCUT2D eigenvalue weighted by atomic mass is 16.5. The van der Waals surface area contributed by atoms with Gasteiger partial charge in [0.25, 0.3) is 0 Å². The molecule has 1 aliphatic heterocycles. The quantitative estimate of drug-likeness (QED) is 0.897. The summed E-state index contributed by atoms with van der Waals surface area (Å²) in [5.41, 5.74) is 0.998. The van der Waals surface area contributed by atoms with Crippen LogP contribution in [0.1, 0.15) is 39.4 Å². The topological polar surface area (TPSA) is 50.5 Å². The summed E-state index contributed by atoms with van der Waals surface area (Å²) in [5, 5.41) is 9.34. The fourth-order valence-electron chi connectivity index (χ4n) is 2.78. The lowest BCUT2D eigenvalue weighted by Crippen LogP contribution is -2.53. The van der Waals surface area contributed by atoms with Crippen LogP contribution in [-0.4, -0.2) is 51.0 Å². The van der Waals surface area contributed by atoms with Crippen LogP contribution in [0.4, 0.5) is 0 Å². The van der Waals surface area contributed by atoms with Crippen molar-refractivity contribution in [3.05, 3.63) is 18.2 Å². The van der Waals surface area contributed by atoms with Crippen LogP contribution in [0.3, 0.4) is 0 Å². The molecule has 1 unspecified atom stereocenters. The lowest BCUT2D eigenvalue weighted by atomic mass is 10.1. The second-order valence-electron chi connectivity index (χ2n) is 6.24. The van der Waals surface area contributed by atoms with E-state index >= 15 is 0 Å². The number of aromatic nitrogens is 2. The molecule has 0 spiro atoms. The number of rotatable bonds is 4. The van der Waals surface area contributed by atoms with Gasteiger partial charge in [-0.2, -0.15) is 0 Å². The highest BCUT2D eigenvalue weighted by Crippen LogP contribution is 2.22. The molecule has 0 amide bonds. The Morgan fingerprint density at radius 3 is 2.89 bits per heavy atom. The zero-order chi connectivity index (χ0) is 14.0. The molecule has 5 nitrogen and oxygen atoms in total. The molecule has 1 saturated heterocycles. The molecule has 1 atom stereocenters. The van der Waals surface area contributed by atoms with Gasteiger partial charge in [-0.1, -0.05) is 0 Å². The Balaban J connectivity index is 2.07. The highest BCUT2D eigenvalue weighted by Gasteiger charge is 2.33. The molecule has 2 heterocycles. The van der Waals surface area contributed by atoms with E-state index in [-0.39, 0.29) is 18.3 Å². The molecule has 2 rings (SSSR count). The van der Waals surface area contributed by atoms with E-state index in [9.17, 15) is 5.11 Å². The first-order valence-electron chi connectivity index (χ1n) is 6.93. The second kappa shape index (κ2) is 5.61. The molecule has 1 aromatic heterocycles. The zero-order valence-electron chi connectivity index (χ0n) is 12.3. The van der Waals surface area contributed by atoms with Crippen LogP contribution < -0.4 is 0 Å². The fourth-order valence-corrected chi connectivity index (χ4v) is 2.78. The van der Waals surface area contributed by atoms with E-state index in [0.29, 0.717) is 6.04 Å². The van der Waals surface area contributed by atoms with Crippen molar-refractivity contribution >= 4 is 0 Å². The third-order valence-corrected chi connectivity index (χ3v) is 3.44. The number of nitrogens with zero attached hydrogens (tertiary/aromatic N) is 3. The summed E-state index contributed by atoms with van der Waals surface area (Å²) in [6.07, 6.45) is 3.71. The van der Waals surface area contributed by atoms with Crippen molar-refractivity contribution < 1.29 is 9.84 Å². The van der Waals surface area contributed by atoms with E-state index in [4.69, 9.17) is 4.74 Å². The Hall–Kier alpha value is -0.910. The number of imidazole rings is 1. The van der Waals surface area contributed by atoms with Gasteiger partial charge in [-0.25, -0.2) is 4.98 Å². The Kier molecular flexibility index (Phi) is 4.28. The van der Waals surface area contributed by atoms with Crippen molar-refractivity contribution in [1.29, 1.82) is 0 Å². The molecule has 19 heavy (non-hydrogen) atoms. The van der Waals surface area contributed by atoms with Crippen molar-refractivity contribution in [1.82, 2.24) is 14.5 Å². The summed E-state index contributed by atoms with van der Waals surface area (Å²) in [5.74, 6) is 0. The van der Waals surface area contributed by atoms with E-state index in [1.165, 1.54) is 5.69 Å². The Labute approximate surface area is 115 Å². The van der Waals surface area contributed by atoms with Gasteiger partial charge in [-0.15, -0.1) is 0 Å². The van der Waals surface area contributed by atoms with Gasteiger partial charge in [-0.3, -0.25) is 4.90 Å². The molecule has 1 aliphatic rings. The Morgan fingerprint density at radius 1 is 1.53 bits per heavy atom. The molecule has 0 radical (unpaired) electrons. The maximum atomic E-state index is 9.34. The van der Waals surface area contributed by atoms with Crippen LogP contribution in [-0.2, 0) is 11.3 Å². The average molecular weight is 267 g/mol. The summed E-state index contributed by atoms with van der Waals surface area (Å²) >= 11 is 0. The van der Waals surface area contributed by atoms with Crippen molar-refractivity contribution in [2.45, 2.75) is 52.0 Å². The van der Waals surface area contributed by atoms with Gasteiger partial charge < -0.3 is 14.4 Å². The minimum absolute atomic E-state index is 0.0728. The van der Waals surface area contributed by atoms with Crippen molar-refractivity contribution in [3.8, 4) is 0 Å². The maximum absolute atomic E-state index is 9.34. The van der Waals surface area contributed by atoms with E-state index in [1.54, 1.807) is 0 Å². The number of hydrogen-bond acceptors (Lipinski definition) is 4. The average Bonchev–Trinajstić information content (AvgIpc) is 2.75. The van der Waals surface area contributed by atoms with E-state index < -0.39 is 0 Å². The third-order valence-electron chi connectivity index (χ3n) is 3.44. The van der Waals surface area contributed by atoms with E-state index in [2.05, 4.69) is 42.1 Å². The summed E-state index contributed by atoms with van der Waals surface area (Å²) < 4.78 is 8.03. The first kappa shape index (κ1) is 14.5. The first-order chi connectivity index (χ1) is 8.91. The number of aliphatic hydroxyl groups excluding tert-OH is 1. The normalized spacial score (nSPS) is 24.0. The summed E-state index contributed by atoms with van der Waals surface area (Å²) in [6, 6.07) is 0.417. The van der Waals surface area contributed by atoms with Crippen LogP contribution in [0, 0.1) is 0 Å². The minimum Gasteiger partial charge on any atom is -0.394 e. The monoisotopic (exact) mass is 267 g/mol. The standard InChI is InChI=1S/C14H25N3O2/c1-11(2)17-10-15-5-12(17)6-16-7-13(8-18)19-14(3,4)9-16/h5,10-11,13,18H,6-9H2,1-4H3. The molecule has 1 aromatic rings. The molecule has 1 fully saturated rings.